The van der Waals surface area contributed by atoms with Gasteiger partial charge in [-0.2, -0.15) is 10.2 Å². The van der Waals surface area contributed by atoms with Crippen molar-refractivity contribution in [2.45, 2.75) is 49.6 Å². The molecule has 0 radical (unpaired) electrons. The number of anilines is 2. The predicted molar refractivity (Wildman–Crippen MR) is 191 cm³/mol. The number of nitrogens with two attached hydrogens (primary N) is 1. The van der Waals surface area contributed by atoms with E-state index in [1.54, 1.807) is 48.5 Å². The minimum atomic E-state index is -1.33. The number of carboxylic acid groups (broad SMARTS) is 2. The number of carbonyl (C=O) groups is 7. The van der Waals surface area contributed by atoms with Gasteiger partial charge in [-0.1, -0.05) is 0 Å². The fourth-order valence-corrected chi connectivity index (χ4v) is 5.91. The fraction of sp³-hybridized carbons (Fsp3) is 0.424. The minimum absolute atomic E-state index is 0.0319. The number of benzene rings is 2. The van der Waals surface area contributed by atoms with E-state index in [4.69, 9.17) is 15.9 Å². The predicted octanol–water partition coefficient (Wildman–Crippen LogP) is 0.529. The van der Waals surface area contributed by atoms with Gasteiger partial charge in [0.1, 0.15) is 18.8 Å². The summed E-state index contributed by atoms with van der Waals surface area (Å²) in [7, 11) is 0. The molecule has 2 aromatic rings. The van der Waals surface area contributed by atoms with Gasteiger partial charge in [0, 0.05) is 30.0 Å². The number of carboxylic acids is 2. The maximum Gasteiger partial charge on any atom is 0.320 e. The van der Waals surface area contributed by atoms with Crippen LogP contribution in [0, 0.1) is 5.92 Å². The maximum absolute atomic E-state index is 12.5. The van der Waals surface area contributed by atoms with Crippen molar-refractivity contribution < 1.29 is 54.0 Å². The van der Waals surface area contributed by atoms with Gasteiger partial charge in [0.15, 0.2) is 0 Å². The van der Waals surface area contributed by atoms with Gasteiger partial charge < -0.3 is 52.3 Å². The highest BCUT2D eigenvalue weighted by atomic mass is 32.2. The molecule has 19 nitrogen and oxygen atoms in total. The largest absolute Gasteiger partial charge is 0.481 e. The molecule has 1 fully saturated rings. The van der Waals surface area contributed by atoms with E-state index in [0.717, 1.165) is 4.90 Å². The van der Waals surface area contributed by atoms with Crippen LogP contribution in [0.5, 0.6) is 0 Å². The summed E-state index contributed by atoms with van der Waals surface area (Å²) in [5, 5.41) is 55.0. The molecule has 1 saturated heterocycles. The summed E-state index contributed by atoms with van der Waals surface area (Å²) in [5.74, 6) is -5.72. The second kappa shape index (κ2) is 21.2. The van der Waals surface area contributed by atoms with Crippen LogP contribution in [0.25, 0.3) is 0 Å². The molecule has 3 rings (SSSR count). The first kappa shape index (κ1) is 42.0. The Balaban J connectivity index is 1.34. The summed E-state index contributed by atoms with van der Waals surface area (Å²) in [6.45, 7) is -1.19. The van der Waals surface area contributed by atoms with Gasteiger partial charge in [0.25, 0.3) is 0 Å². The highest BCUT2D eigenvalue weighted by molar-refractivity contribution is 8.00. The molecule has 10 N–H and O–H groups in total. The van der Waals surface area contributed by atoms with Crippen molar-refractivity contribution in [1.82, 2.24) is 15.5 Å². The van der Waals surface area contributed by atoms with E-state index in [-0.39, 0.29) is 57.7 Å². The van der Waals surface area contributed by atoms with E-state index in [0.29, 0.717) is 28.5 Å². The van der Waals surface area contributed by atoms with Crippen LogP contribution in [0.2, 0.25) is 0 Å². The van der Waals surface area contributed by atoms with Crippen molar-refractivity contribution in [3.63, 3.8) is 0 Å². The molecular formula is C33H42N8O11S. The molecule has 5 amide bonds. The highest BCUT2D eigenvalue weighted by Gasteiger charge is 2.39. The zero-order valence-corrected chi connectivity index (χ0v) is 29.3. The third kappa shape index (κ3) is 14.6. The zero-order chi connectivity index (χ0) is 38.9. The second-order valence-electron chi connectivity index (χ2n) is 11.8. The smallest absolute Gasteiger partial charge is 0.320 e. The molecule has 0 spiro atoms. The van der Waals surface area contributed by atoms with Gasteiger partial charge in [-0.3, -0.25) is 33.6 Å². The summed E-state index contributed by atoms with van der Waals surface area (Å²) >= 11 is 1.23. The lowest BCUT2D eigenvalue weighted by Gasteiger charge is -2.19. The van der Waals surface area contributed by atoms with Crippen molar-refractivity contribution in [2.75, 3.05) is 42.6 Å². The zero-order valence-electron chi connectivity index (χ0n) is 28.5. The fourth-order valence-electron chi connectivity index (χ4n) is 4.93. The van der Waals surface area contributed by atoms with Gasteiger partial charge >= 0.3 is 11.9 Å². The first-order valence-corrected chi connectivity index (χ1v) is 17.5. The SMILES string of the molecule is N[C@@H](CC(CCCC(=O)NCC(=O)NCC(=O)Nc1ccc(/N=N/c2ccc(NC(=O)CN3C(=O)C(SCCO)CC3O)cc2)cc1)C(=O)O)C(=O)O. The molecule has 1 aliphatic heterocycles. The van der Waals surface area contributed by atoms with Crippen LogP contribution in [0.4, 0.5) is 22.7 Å². The number of aliphatic hydroxyl groups excluding tert-OH is 2. The molecule has 1 aliphatic rings. The standard InChI is InChI=1S/C33H42N8O11S/c34-24(33(51)52)14-19(32(49)50)2-1-3-26(43)35-16-27(44)36-17-28(45)37-20-4-8-22(9-5-20)39-40-23-10-6-21(7-11-23)38-29(46)18-41-30(47)15-25(31(41)48)53-13-12-42/h4-11,19,24-25,30,42,47H,1-3,12-18,34H2,(H,35,43)(H,36,44)(H,37,45)(H,38,46)(H,49,50)(H,51,52)/b40-39+/t19?,24-,25?,30?/m0/s1. The molecule has 4 atom stereocenters. The number of aliphatic hydroxyl groups is 2. The average Bonchev–Trinajstić information content (AvgIpc) is 3.39. The molecule has 0 saturated carbocycles. The summed E-state index contributed by atoms with van der Waals surface area (Å²) in [6.07, 6.45) is -1.09. The number of nitrogens with zero attached hydrogens (tertiary/aromatic N) is 3. The number of aliphatic carboxylic acids is 2. The Morgan fingerprint density at radius 3 is 1.92 bits per heavy atom. The molecule has 3 unspecified atom stereocenters. The van der Waals surface area contributed by atoms with Crippen LogP contribution in [0.1, 0.15) is 32.1 Å². The minimum Gasteiger partial charge on any atom is -0.481 e. The number of rotatable bonds is 21. The summed E-state index contributed by atoms with van der Waals surface area (Å²) in [4.78, 5) is 84.6. The van der Waals surface area contributed by atoms with Gasteiger partial charge in [-0.15, -0.1) is 11.8 Å². The Kier molecular flexibility index (Phi) is 16.8. The molecule has 0 aromatic heterocycles. The molecule has 0 bridgehead atoms. The quantitative estimate of drug-likeness (QED) is 0.0786. The van der Waals surface area contributed by atoms with E-state index < -0.39 is 65.5 Å². The third-order valence-electron chi connectivity index (χ3n) is 7.70. The molecular weight excluding hydrogens is 716 g/mol. The number of azo groups is 1. The van der Waals surface area contributed by atoms with Crippen LogP contribution in [0.3, 0.4) is 0 Å². The number of hydrogen-bond donors (Lipinski definition) is 9. The van der Waals surface area contributed by atoms with E-state index in [2.05, 4.69) is 31.5 Å². The van der Waals surface area contributed by atoms with E-state index >= 15 is 0 Å². The number of hydrogen-bond acceptors (Lipinski definition) is 13. The summed E-state index contributed by atoms with van der Waals surface area (Å²) in [6, 6.07) is 11.5. The van der Waals surface area contributed by atoms with Crippen LogP contribution in [-0.4, -0.2) is 116 Å². The lowest BCUT2D eigenvalue weighted by molar-refractivity contribution is -0.144. The number of nitrogens with one attached hydrogen (secondary N) is 4. The summed E-state index contributed by atoms with van der Waals surface area (Å²) in [5.41, 5.74) is 7.21. The molecule has 53 heavy (non-hydrogen) atoms. The third-order valence-corrected chi connectivity index (χ3v) is 8.92. The first-order valence-electron chi connectivity index (χ1n) is 16.4. The van der Waals surface area contributed by atoms with Crippen molar-refractivity contribution in [2.24, 2.45) is 21.9 Å². The number of amides is 5. The van der Waals surface area contributed by atoms with Crippen LogP contribution < -0.4 is 27.0 Å². The molecule has 2 aromatic carbocycles. The molecule has 1 heterocycles. The number of thioether (sulfide) groups is 1. The van der Waals surface area contributed by atoms with Crippen molar-refractivity contribution in [3.8, 4) is 0 Å². The lowest BCUT2D eigenvalue weighted by atomic mass is 9.94. The normalized spacial score (nSPS) is 16.5. The van der Waals surface area contributed by atoms with Crippen molar-refractivity contribution >= 4 is 76.0 Å². The number of carbonyl (C=O) groups excluding carboxylic acids is 5. The monoisotopic (exact) mass is 758 g/mol. The Bertz CT molecular complexity index is 1640. The second-order valence-corrected chi connectivity index (χ2v) is 13.1. The van der Waals surface area contributed by atoms with Crippen molar-refractivity contribution in [1.29, 1.82) is 0 Å². The lowest BCUT2D eigenvalue weighted by Crippen LogP contribution is -2.40. The Morgan fingerprint density at radius 2 is 1.38 bits per heavy atom. The topological polar surface area (TPSA) is 303 Å². The van der Waals surface area contributed by atoms with Crippen LogP contribution >= 0.6 is 11.8 Å². The Morgan fingerprint density at radius 1 is 0.830 bits per heavy atom. The van der Waals surface area contributed by atoms with E-state index in [1.807, 2.05) is 0 Å². The summed E-state index contributed by atoms with van der Waals surface area (Å²) < 4.78 is 0. The highest BCUT2D eigenvalue weighted by Crippen LogP contribution is 2.28. The maximum atomic E-state index is 12.5. The Hall–Kier alpha value is -5.44. The Labute approximate surface area is 307 Å². The molecule has 20 heteroatoms. The number of likely N-dealkylation sites (tertiary alicyclic amines) is 1. The van der Waals surface area contributed by atoms with Crippen LogP contribution in [0.15, 0.2) is 58.8 Å². The average molecular weight is 759 g/mol. The first-order chi connectivity index (χ1) is 25.2. The van der Waals surface area contributed by atoms with E-state index in [9.17, 15) is 43.8 Å². The van der Waals surface area contributed by atoms with Gasteiger partial charge in [-0.25, -0.2) is 0 Å². The van der Waals surface area contributed by atoms with Crippen molar-refractivity contribution in [3.05, 3.63) is 48.5 Å². The van der Waals surface area contributed by atoms with Gasteiger partial charge in [-0.05, 0) is 67.8 Å². The van der Waals surface area contributed by atoms with E-state index in [1.165, 1.54) is 11.8 Å². The molecule has 286 valence electrons. The van der Waals surface area contributed by atoms with Crippen LogP contribution in [-0.2, 0) is 33.6 Å². The van der Waals surface area contributed by atoms with Gasteiger partial charge in [0.05, 0.1) is 42.2 Å². The molecule has 0 aliphatic carbocycles. The van der Waals surface area contributed by atoms with Gasteiger partial charge in [0.2, 0.25) is 29.5 Å².